The number of hydrogen-bond acceptors (Lipinski definition) is 4. The van der Waals surface area contributed by atoms with Gasteiger partial charge < -0.3 is 10.1 Å². The average Bonchev–Trinajstić information content (AvgIpc) is 2.66. The van der Waals surface area contributed by atoms with Crippen molar-refractivity contribution in [3.8, 4) is 0 Å². The minimum absolute atomic E-state index is 0.0157. The van der Waals surface area contributed by atoms with Gasteiger partial charge in [-0.15, -0.1) is 0 Å². The first-order valence-electron chi connectivity index (χ1n) is 8.16. The van der Waals surface area contributed by atoms with Gasteiger partial charge in [0.05, 0.1) is 17.1 Å². The van der Waals surface area contributed by atoms with Crippen LogP contribution in [0.4, 0.5) is 13.2 Å². The lowest BCUT2D eigenvalue weighted by Crippen LogP contribution is -2.27. The number of methoxy groups -OCH3 is 1. The van der Waals surface area contributed by atoms with Crippen molar-refractivity contribution < 1.29 is 31.1 Å². The molecule has 6 nitrogen and oxygen atoms in total. The molecule has 152 valence electrons. The van der Waals surface area contributed by atoms with Gasteiger partial charge in [-0.25, -0.2) is 13.1 Å². The number of alkyl halides is 3. The zero-order valence-electron chi connectivity index (χ0n) is 14.9. The molecule has 0 unspecified atom stereocenters. The Balaban J connectivity index is 2.00. The summed E-state index contributed by atoms with van der Waals surface area (Å²) in [4.78, 5) is 12.1. The Kier molecular flexibility index (Phi) is 7.17. The molecule has 2 rings (SSSR count). The third-order valence-corrected chi connectivity index (χ3v) is 5.21. The van der Waals surface area contributed by atoms with Crippen molar-refractivity contribution in [3.05, 3.63) is 65.2 Å². The molecule has 2 aromatic carbocycles. The van der Waals surface area contributed by atoms with Crippen LogP contribution in [0.5, 0.6) is 0 Å². The number of sulfonamides is 1. The maximum atomic E-state index is 12.7. The predicted octanol–water partition coefficient (Wildman–Crippen LogP) is 2.56. The van der Waals surface area contributed by atoms with E-state index in [1.165, 1.54) is 43.5 Å². The van der Waals surface area contributed by atoms with E-state index in [9.17, 15) is 26.4 Å². The summed E-state index contributed by atoms with van der Waals surface area (Å²) in [5, 5.41) is 2.51. The summed E-state index contributed by atoms with van der Waals surface area (Å²) >= 11 is 0. The number of rotatable bonds is 8. The predicted molar refractivity (Wildman–Crippen MR) is 96.1 cm³/mol. The van der Waals surface area contributed by atoms with Crippen LogP contribution in [-0.2, 0) is 27.5 Å². The number of carbonyl (C=O) groups is 1. The molecule has 28 heavy (non-hydrogen) atoms. The van der Waals surface area contributed by atoms with Crippen molar-refractivity contribution in [3.63, 3.8) is 0 Å². The second-order valence-corrected chi connectivity index (χ2v) is 7.56. The molecule has 0 aliphatic carbocycles. The molecule has 0 bridgehead atoms. The largest absolute Gasteiger partial charge is 0.416 e. The molecular weight excluding hydrogens is 397 g/mol. The summed E-state index contributed by atoms with van der Waals surface area (Å²) in [5.74, 6) is -0.534. The highest BCUT2D eigenvalue weighted by Crippen LogP contribution is 2.29. The van der Waals surface area contributed by atoms with E-state index in [1.807, 2.05) is 0 Å². The van der Waals surface area contributed by atoms with Crippen molar-refractivity contribution in [1.82, 2.24) is 10.0 Å². The Bertz CT molecular complexity index is 913. The number of nitrogens with one attached hydrogen (secondary N) is 2. The number of benzene rings is 2. The fraction of sp³-hybridized carbons (Fsp3) is 0.278. The normalized spacial score (nSPS) is 12.0. The number of halogens is 3. The Morgan fingerprint density at radius 2 is 1.79 bits per heavy atom. The summed E-state index contributed by atoms with van der Waals surface area (Å²) in [6.07, 6.45) is -4.46. The molecule has 2 N–H and O–H groups in total. The molecule has 0 fully saturated rings. The maximum absolute atomic E-state index is 12.7. The lowest BCUT2D eigenvalue weighted by atomic mass is 10.1. The van der Waals surface area contributed by atoms with Crippen molar-refractivity contribution in [2.75, 3.05) is 20.3 Å². The first kappa shape index (κ1) is 21.9. The first-order valence-corrected chi connectivity index (χ1v) is 9.65. The van der Waals surface area contributed by atoms with E-state index in [4.69, 9.17) is 4.74 Å². The second kappa shape index (κ2) is 9.18. The van der Waals surface area contributed by atoms with Crippen LogP contribution in [-0.4, -0.2) is 34.6 Å². The van der Waals surface area contributed by atoms with Gasteiger partial charge in [0.1, 0.15) is 0 Å². The monoisotopic (exact) mass is 416 g/mol. The van der Waals surface area contributed by atoms with Crippen molar-refractivity contribution in [2.24, 2.45) is 0 Å². The Hall–Kier alpha value is -2.43. The summed E-state index contributed by atoms with van der Waals surface area (Å²) in [7, 11) is -2.27. The maximum Gasteiger partial charge on any atom is 0.416 e. The van der Waals surface area contributed by atoms with Gasteiger partial charge in [-0.3, -0.25) is 4.79 Å². The lowest BCUT2D eigenvalue weighted by molar-refractivity contribution is -0.137. The van der Waals surface area contributed by atoms with Gasteiger partial charge in [0.2, 0.25) is 10.0 Å². The van der Waals surface area contributed by atoms with Crippen LogP contribution in [0, 0.1) is 0 Å². The highest BCUT2D eigenvalue weighted by atomic mass is 32.2. The summed E-state index contributed by atoms with van der Waals surface area (Å²) in [6.45, 7) is 0.231. The minimum atomic E-state index is -4.46. The van der Waals surface area contributed by atoms with Gasteiger partial charge in [0.15, 0.2) is 0 Å². The van der Waals surface area contributed by atoms with Gasteiger partial charge in [-0.1, -0.05) is 12.1 Å². The van der Waals surface area contributed by atoms with Crippen LogP contribution in [0.1, 0.15) is 21.5 Å². The number of amides is 1. The standard InChI is InChI=1S/C18H19F3N2O4S/c1-27-10-9-23-28(25,26)16-7-5-14(6-8-16)17(24)22-12-13-3-2-4-15(11-13)18(19,20)21/h2-8,11,23H,9-10,12H2,1H3,(H,22,24). The van der Waals surface area contributed by atoms with Gasteiger partial charge in [0, 0.05) is 25.8 Å². The van der Waals surface area contributed by atoms with E-state index in [0.717, 1.165) is 12.1 Å². The average molecular weight is 416 g/mol. The van der Waals surface area contributed by atoms with Crippen LogP contribution in [0.3, 0.4) is 0 Å². The minimum Gasteiger partial charge on any atom is -0.383 e. The van der Waals surface area contributed by atoms with Crippen LogP contribution in [0.2, 0.25) is 0 Å². The molecule has 0 aromatic heterocycles. The molecule has 0 radical (unpaired) electrons. The van der Waals surface area contributed by atoms with E-state index in [1.54, 1.807) is 0 Å². The van der Waals surface area contributed by atoms with Gasteiger partial charge in [0.25, 0.3) is 5.91 Å². The van der Waals surface area contributed by atoms with Crippen LogP contribution in [0.15, 0.2) is 53.4 Å². The molecular formula is C18H19F3N2O4S. The van der Waals surface area contributed by atoms with E-state index in [2.05, 4.69) is 10.0 Å². The fourth-order valence-corrected chi connectivity index (χ4v) is 3.30. The van der Waals surface area contributed by atoms with Gasteiger partial charge in [-0.2, -0.15) is 13.2 Å². The second-order valence-electron chi connectivity index (χ2n) is 5.80. The Labute approximate surface area is 160 Å². The molecule has 0 heterocycles. The van der Waals surface area contributed by atoms with Gasteiger partial charge >= 0.3 is 6.18 Å². The topological polar surface area (TPSA) is 84.5 Å². The summed E-state index contributed by atoms with van der Waals surface area (Å²) < 4.78 is 69.4. The fourth-order valence-electron chi connectivity index (χ4n) is 2.29. The zero-order chi connectivity index (χ0) is 20.8. The smallest absolute Gasteiger partial charge is 0.383 e. The SMILES string of the molecule is COCCNS(=O)(=O)c1ccc(C(=O)NCc2cccc(C(F)(F)F)c2)cc1. The van der Waals surface area contributed by atoms with E-state index in [0.29, 0.717) is 5.56 Å². The Morgan fingerprint density at radius 3 is 2.39 bits per heavy atom. The molecule has 0 saturated heterocycles. The van der Waals surface area contributed by atoms with Crippen molar-refractivity contribution in [2.45, 2.75) is 17.6 Å². The number of carbonyl (C=O) groups excluding carboxylic acids is 1. The highest BCUT2D eigenvalue weighted by Gasteiger charge is 2.30. The summed E-state index contributed by atoms with van der Waals surface area (Å²) in [6, 6.07) is 9.84. The highest BCUT2D eigenvalue weighted by molar-refractivity contribution is 7.89. The number of hydrogen-bond donors (Lipinski definition) is 2. The summed E-state index contributed by atoms with van der Waals surface area (Å²) in [5.41, 5.74) is -0.317. The third kappa shape index (κ3) is 6.04. The van der Waals surface area contributed by atoms with Crippen LogP contribution in [0.25, 0.3) is 0 Å². The van der Waals surface area contributed by atoms with E-state index >= 15 is 0 Å². The van der Waals surface area contributed by atoms with E-state index < -0.39 is 27.7 Å². The number of ether oxygens (including phenoxy) is 1. The van der Waals surface area contributed by atoms with Gasteiger partial charge in [-0.05, 0) is 42.0 Å². The molecule has 2 aromatic rings. The molecule has 0 saturated carbocycles. The quantitative estimate of drug-likeness (QED) is 0.648. The Morgan fingerprint density at radius 1 is 1.11 bits per heavy atom. The molecule has 10 heteroatoms. The van der Waals surface area contributed by atoms with E-state index in [-0.39, 0.29) is 30.2 Å². The molecule has 0 spiro atoms. The molecule has 0 aliphatic rings. The molecule has 0 atom stereocenters. The zero-order valence-corrected chi connectivity index (χ0v) is 15.7. The molecule has 0 aliphatic heterocycles. The molecule has 1 amide bonds. The van der Waals surface area contributed by atoms with Crippen LogP contribution >= 0.6 is 0 Å². The van der Waals surface area contributed by atoms with Crippen LogP contribution < -0.4 is 10.0 Å². The first-order chi connectivity index (χ1) is 13.1. The lowest BCUT2D eigenvalue weighted by Gasteiger charge is -2.10. The third-order valence-electron chi connectivity index (χ3n) is 3.73. The van der Waals surface area contributed by atoms with Crippen molar-refractivity contribution in [1.29, 1.82) is 0 Å². The van der Waals surface area contributed by atoms with Crippen molar-refractivity contribution >= 4 is 15.9 Å².